The molecule has 0 aromatic heterocycles. The summed E-state index contributed by atoms with van der Waals surface area (Å²) in [6.45, 7) is 1.53. The minimum Gasteiger partial charge on any atom is -0.872 e. The molecule has 0 saturated carbocycles. The molecule has 6 heteroatoms. The largest absolute Gasteiger partial charge is 0.872 e. The van der Waals surface area contributed by atoms with Crippen LogP contribution >= 0.6 is 0 Å². The van der Waals surface area contributed by atoms with Crippen molar-refractivity contribution in [3.05, 3.63) is 54.1 Å². The lowest BCUT2D eigenvalue weighted by molar-refractivity contribution is -0.268. The van der Waals surface area contributed by atoms with Gasteiger partial charge in [-0.25, -0.2) is 4.79 Å². The number of nitrogens with one attached hydrogen (secondary N) is 1. The number of hydrogen-bond acceptors (Lipinski definition) is 4. The minimum absolute atomic E-state index is 0.0477. The molecule has 0 fully saturated rings. The van der Waals surface area contributed by atoms with Crippen molar-refractivity contribution in [2.75, 3.05) is 5.32 Å². The summed E-state index contributed by atoms with van der Waals surface area (Å²) in [4.78, 5) is 23.2. The van der Waals surface area contributed by atoms with E-state index in [2.05, 4.69) is 5.32 Å². The van der Waals surface area contributed by atoms with Crippen molar-refractivity contribution in [2.24, 2.45) is 0 Å². The zero-order chi connectivity index (χ0) is 16.1. The molecule has 1 atom stereocenters. The fourth-order valence-electron chi connectivity index (χ4n) is 1.80. The third kappa shape index (κ3) is 3.76. The highest BCUT2D eigenvalue weighted by molar-refractivity contribution is 6.02. The van der Waals surface area contributed by atoms with Gasteiger partial charge in [0.1, 0.15) is 5.75 Å². The Hall–Kier alpha value is -3.02. The molecule has 0 aliphatic heterocycles. The second-order valence-electron chi connectivity index (χ2n) is 4.57. The van der Waals surface area contributed by atoms with Crippen LogP contribution in [0.3, 0.4) is 0 Å². The van der Waals surface area contributed by atoms with Gasteiger partial charge in [0.05, 0.1) is 11.3 Å². The van der Waals surface area contributed by atoms with Crippen molar-refractivity contribution in [2.45, 2.75) is 13.0 Å². The maximum Gasteiger partial charge on any atom is 0.337 e. The van der Waals surface area contributed by atoms with E-state index in [4.69, 9.17) is 9.84 Å². The third-order valence-corrected chi connectivity index (χ3v) is 2.90. The van der Waals surface area contributed by atoms with Crippen molar-refractivity contribution < 1.29 is 24.5 Å². The molecule has 2 rings (SSSR count). The van der Waals surface area contributed by atoms with Crippen LogP contribution in [-0.2, 0) is 4.79 Å². The summed E-state index contributed by atoms with van der Waals surface area (Å²) in [5.74, 6) is -1.65. The van der Waals surface area contributed by atoms with Crippen LogP contribution in [0.25, 0.3) is 0 Å². The maximum atomic E-state index is 12.1. The van der Waals surface area contributed by atoms with E-state index in [0.717, 1.165) is 18.2 Å². The van der Waals surface area contributed by atoms with E-state index in [0.29, 0.717) is 5.75 Å². The minimum atomic E-state index is -1.23. The van der Waals surface area contributed by atoms with Gasteiger partial charge in [0.25, 0.3) is 5.91 Å². The van der Waals surface area contributed by atoms with E-state index in [1.165, 1.54) is 6.92 Å². The summed E-state index contributed by atoms with van der Waals surface area (Å²) in [5, 5.41) is 22.8. The number of hydrogen-bond donors (Lipinski definition) is 2. The van der Waals surface area contributed by atoms with Gasteiger partial charge in [-0.15, -0.1) is 5.75 Å². The molecule has 22 heavy (non-hydrogen) atoms. The number of carboxylic acid groups (broad SMARTS) is 1. The Bertz CT molecular complexity index is 684. The van der Waals surface area contributed by atoms with E-state index in [1.807, 2.05) is 6.07 Å². The molecule has 1 amide bonds. The van der Waals surface area contributed by atoms with Gasteiger partial charge in [-0.05, 0) is 31.2 Å². The molecule has 2 N–H and O–H groups in total. The number of carbonyl (C=O) groups excluding carboxylic acids is 1. The molecule has 0 aliphatic rings. The number of benzene rings is 2. The van der Waals surface area contributed by atoms with Gasteiger partial charge >= 0.3 is 5.97 Å². The number of ether oxygens (including phenoxy) is 1. The van der Waals surface area contributed by atoms with Gasteiger partial charge in [-0.3, -0.25) is 4.79 Å². The molecule has 0 bridgehead atoms. The number of para-hydroxylation sites is 1. The van der Waals surface area contributed by atoms with Gasteiger partial charge in [0, 0.05) is 0 Å². The van der Waals surface area contributed by atoms with Gasteiger partial charge in [-0.1, -0.05) is 24.3 Å². The van der Waals surface area contributed by atoms with Crippen LogP contribution in [0.4, 0.5) is 5.69 Å². The molecule has 0 aliphatic carbocycles. The van der Waals surface area contributed by atoms with Crippen molar-refractivity contribution in [3.8, 4) is 11.5 Å². The number of amides is 1. The number of aromatic carboxylic acids is 1. The number of carbonyl (C=O) groups is 2. The summed E-state index contributed by atoms with van der Waals surface area (Å²) in [5.41, 5.74) is -0.201. The average molecular weight is 300 g/mol. The molecule has 114 valence electrons. The highest BCUT2D eigenvalue weighted by Crippen LogP contribution is 2.21. The predicted octanol–water partition coefficient (Wildman–Crippen LogP) is 1.86. The lowest BCUT2D eigenvalue weighted by atomic mass is 10.1. The quantitative estimate of drug-likeness (QED) is 0.878. The van der Waals surface area contributed by atoms with E-state index in [-0.39, 0.29) is 11.3 Å². The van der Waals surface area contributed by atoms with Crippen molar-refractivity contribution >= 4 is 17.6 Å². The molecule has 2 aromatic rings. The van der Waals surface area contributed by atoms with Crippen molar-refractivity contribution in [3.63, 3.8) is 0 Å². The van der Waals surface area contributed by atoms with Gasteiger partial charge in [0.15, 0.2) is 6.10 Å². The molecule has 2 aromatic carbocycles. The van der Waals surface area contributed by atoms with E-state index in [9.17, 15) is 14.7 Å². The van der Waals surface area contributed by atoms with Crippen molar-refractivity contribution in [1.82, 2.24) is 0 Å². The van der Waals surface area contributed by atoms with Crippen LogP contribution in [0.1, 0.15) is 17.3 Å². The first-order chi connectivity index (χ1) is 10.5. The monoisotopic (exact) mass is 300 g/mol. The molecule has 6 nitrogen and oxygen atoms in total. The highest BCUT2D eigenvalue weighted by Gasteiger charge is 2.18. The number of carboxylic acids is 1. The first-order valence-electron chi connectivity index (χ1n) is 6.54. The lowest BCUT2D eigenvalue weighted by Gasteiger charge is -2.17. The fourth-order valence-corrected chi connectivity index (χ4v) is 1.80. The predicted molar refractivity (Wildman–Crippen MR) is 78.0 cm³/mol. The Balaban J connectivity index is 2.11. The maximum absolute atomic E-state index is 12.1. The summed E-state index contributed by atoms with van der Waals surface area (Å²) < 4.78 is 5.44. The van der Waals surface area contributed by atoms with E-state index < -0.39 is 23.7 Å². The van der Waals surface area contributed by atoms with Crippen LogP contribution in [-0.4, -0.2) is 23.1 Å². The van der Waals surface area contributed by atoms with Gasteiger partial charge < -0.3 is 20.3 Å². The van der Waals surface area contributed by atoms with Crippen LogP contribution in [0.5, 0.6) is 11.5 Å². The third-order valence-electron chi connectivity index (χ3n) is 2.90. The Labute approximate surface area is 127 Å². The summed E-state index contributed by atoms with van der Waals surface area (Å²) in [6.07, 6.45) is -0.848. The first kappa shape index (κ1) is 15.4. The van der Waals surface area contributed by atoms with Crippen molar-refractivity contribution in [1.29, 1.82) is 0 Å². The van der Waals surface area contributed by atoms with Crippen LogP contribution in [0.15, 0.2) is 48.5 Å². The first-order valence-corrected chi connectivity index (χ1v) is 6.54. The number of rotatable bonds is 5. The SMILES string of the molecule is C[C@@H](Oc1ccccc1)C(=O)Nc1cc([O-])ccc1C(=O)O. The fraction of sp³-hybridized carbons (Fsp3) is 0.125. The summed E-state index contributed by atoms with van der Waals surface area (Å²) in [6, 6.07) is 12.1. The molecule has 0 saturated heterocycles. The topological polar surface area (TPSA) is 98.7 Å². The highest BCUT2D eigenvalue weighted by atomic mass is 16.5. The second kappa shape index (κ2) is 6.62. The Morgan fingerprint density at radius 1 is 1.18 bits per heavy atom. The van der Waals surface area contributed by atoms with Crippen LogP contribution < -0.4 is 15.2 Å². The van der Waals surface area contributed by atoms with Crippen LogP contribution in [0, 0.1) is 0 Å². The Kier molecular flexibility index (Phi) is 4.63. The Morgan fingerprint density at radius 2 is 1.86 bits per heavy atom. The molecule has 0 spiro atoms. The van der Waals surface area contributed by atoms with E-state index in [1.54, 1.807) is 24.3 Å². The smallest absolute Gasteiger partial charge is 0.337 e. The molecular formula is C16H14NO5-. The summed E-state index contributed by atoms with van der Waals surface area (Å²) in [7, 11) is 0. The van der Waals surface area contributed by atoms with Gasteiger partial charge in [-0.2, -0.15) is 0 Å². The molecule has 0 radical (unpaired) electrons. The molecule has 0 heterocycles. The standard InChI is InChI=1S/C16H15NO5/c1-10(22-12-5-3-2-4-6-12)15(19)17-14-9-11(18)7-8-13(14)16(20)21/h2-10,18H,1H3,(H,17,19)(H,20,21)/p-1/t10-/m1/s1. The molecule has 0 unspecified atom stereocenters. The zero-order valence-corrected chi connectivity index (χ0v) is 11.8. The van der Waals surface area contributed by atoms with Gasteiger partial charge in [0.2, 0.25) is 0 Å². The molecular weight excluding hydrogens is 286 g/mol. The number of anilines is 1. The summed E-state index contributed by atoms with van der Waals surface area (Å²) >= 11 is 0. The zero-order valence-electron chi connectivity index (χ0n) is 11.8. The average Bonchev–Trinajstić information content (AvgIpc) is 2.48. The van der Waals surface area contributed by atoms with E-state index >= 15 is 0 Å². The second-order valence-corrected chi connectivity index (χ2v) is 4.57. The lowest BCUT2D eigenvalue weighted by Crippen LogP contribution is -2.30. The van der Waals surface area contributed by atoms with Crippen LogP contribution in [0.2, 0.25) is 0 Å². The normalized spacial score (nSPS) is 11.5. The Morgan fingerprint density at radius 3 is 2.50 bits per heavy atom.